The van der Waals surface area contributed by atoms with Gasteiger partial charge in [-0.25, -0.2) is 0 Å². The topological polar surface area (TPSA) is 97.5 Å². The number of carbonyl (C=O) groups is 1. The Bertz CT molecular complexity index is 505. The third-order valence-corrected chi connectivity index (χ3v) is 3.75. The highest BCUT2D eigenvalue weighted by Gasteiger charge is 2.12. The number of rotatable bonds is 6. The van der Waals surface area contributed by atoms with E-state index in [1.165, 1.54) is 18.2 Å². The van der Waals surface area contributed by atoms with Gasteiger partial charge in [-0.15, -0.1) is 0 Å². The maximum atomic E-state index is 11.5. The van der Waals surface area contributed by atoms with Crippen LogP contribution in [0, 0.1) is 10.1 Å². The highest BCUT2D eigenvalue weighted by Crippen LogP contribution is 2.23. The summed E-state index contributed by atoms with van der Waals surface area (Å²) >= 11 is 5.83. The molecule has 1 aromatic carbocycles. The molecule has 0 heterocycles. The molecule has 1 N–H and O–H groups in total. The van der Waals surface area contributed by atoms with Crippen molar-refractivity contribution >= 4 is 34.1 Å². The van der Waals surface area contributed by atoms with E-state index < -0.39 is 21.7 Å². The third kappa shape index (κ3) is 4.42. The lowest BCUT2D eigenvalue weighted by Crippen LogP contribution is -2.06. The zero-order chi connectivity index (χ0) is 13.7. The van der Waals surface area contributed by atoms with Crippen molar-refractivity contribution < 1.29 is 19.0 Å². The summed E-state index contributed by atoms with van der Waals surface area (Å²) in [6, 6.07) is 3.89. The SMILES string of the molecule is O=C(O)CCS(=O)Cc1ccc([N+](=O)[O-])cc1Cl. The Morgan fingerprint density at radius 1 is 1.50 bits per heavy atom. The van der Waals surface area contributed by atoms with Gasteiger partial charge in [-0.3, -0.25) is 19.1 Å². The number of nitro benzene ring substituents is 1. The van der Waals surface area contributed by atoms with Gasteiger partial charge < -0.3 is 5.11 Å². The zero-order valence-electron chi connectivity index (χ0n) is 9.17. The molecule has 0 aromatic heterocycles. The minimum absolute atomic E-state index is 0.0304. The van der Waals surface area contributed by atoms with Crippen molar-refractivity contribution in [2.45, 2.75) is 12.2 Å². The second-order valence-corrected chi connectivity index (χ2v) is 5.45. The number of nitrogens with zero attached hydrogens (tertiary/aromatic N) is 1. The van der Waals surface area contributed by atoms with E-state index in [4.69, 9.17) is 16.7 Å². The third-order valence-electron chi connectivity index (χ3n) is 2.11. The molecule has 0 saturated heterocycles. The normalized spacial score (nSPS) is 12.1. The number of aliphatic carboxylic acids is 1. The second kappa shape index (κ2) is 6.46. The molecule has 8 heteroatoms. The first-order valence-electron chi connectivity index (χ1n) is 4.89. The molecule has 0 fully saturated rings. The Morgan fingerprint density at radius 2 is 2.17 bits per heavy atom. The predicted octanol–water partition coefficient (Wildman–Crippen LogP) is 1.97. The van der Waals surface area contributed by atoms with Crippen LogP contribution < -0.4 is 0 Å². The van der Waals surface area contributed by atoms with Crippen LogP contribution in [0.15, 0.2) is 18.2 Å². The van der Waals surface area contributed by atoms with Crippen molar-refractivity contribution in [1.29, 1.82) is 0 Å². The fraction of sp³-hybridized carbons (Fsp3) is 0.300. The summed E-state index contributed by atoms with van der Waals surface area (Å²) in [5, 5.41) is 19.1. The Morgan fingerprint density at radius 3 is 2.67 bits per heavy atom. The fourth-order valence-corrected chi connectivity index (χ4v) is 2.68. The van der Waals surface area contributed by atoms with E-state index in [9.17, 15) is 19.1 Å². The molecule has 1 aromatic rings. The number of carboxylic acid groups (broad SMARTS) is 1. The summed E-state index contributed by atoms with van der Waals surface area (Å²) in [4.78, 5) is 20.2. The summed E-state index contributed by atoms with van der Waals surface area (Å²) in [7, 11) is -1.35. The van der Waals surface area contributed by atoms with Gasteiger partial charge in [-0.2, -0.15) is 0 Å². The van der Waals surface area contributed by atoms with Crippen molar-refractivity contribution in [2.75, 3.05) is 5.75 Å². The van der Waals surface area contributed by atoms with Gasteiger partial charge in [-0.1, -0.05) is 11.6 Å². The molecule has 6 nitrogen and oxygen atoms in total. The number of hydrogen-bond donors (Lipinski definition) is 1. The van der Waals surface area contributed by atoms with Gasteiger partial charge in [-0.05, 0) is 11.6 Å². The summed E-state index contributed by atoms with van der Waals surface area (Å²) in [6.07, 6.45) is -0.183. The van der Waals surface area contributed by atoms with Crippen LogP contribution in [-0.2, 0) is 21.3 Å². The first-order chi connectivity index (χ1) is 8.40. The number of nitro groups is 1. The van der Waals surface area contributed by atoms with E-state index >= 15 is 0 Å². The Balaban J connectivity index is 2.70. The molecule has 0 radical (unpaired) electrons. The molecule has 18 heavy (non-hydrogen) atoms. The first kappa shape index (κ1) is 14.6. The maximum Gasteiger partial charge on any atom is 0.304 e. The molecule has 0 bridgehead atoms. The van der Waals surface area contributed by atoms with Gasteiger partial charge >= 0.3 is 5.97 Å². The molecular weight excluding hydrogens is 282 g/mol. The van der Waals surface area contributed by atoms with Crippen LogP contribution >= 0.6 is 11.6 Å². The molecule has 0 aliphatic rings. The van der Waals surface area contributed by atoms with E-state index in [1.807, 2.05) is 0 Å². The van der Waals surface area contributed by atoms with Crippen LogP contribution in [0.3, 0.4) is 0 Å². The molecule has 1 atom stereocenters. The molecule has 98 valence electrons. The average Bonchev–Trinajstić information content (AvgIpc) is 2.29. The van der Waals surface area contributed by atoms with Crippen LogP contribution in [-0.4, -0.2) is 26.0 Å². The zero-order valence-corrected chi connectivity index (χ0v) is 10.7. The first-order valence-corrected chi connectivity index (χ1v) is 6.76. The minimum atomic E-state index is -1.35. The van der Waals surface area contributed by atoms with Crippen LogP contribution in [0.2, 0.25) is 5.02 Å². The van der Waals surface area contributed by atoms with Crippen LogP contribution in [0.1, 0.15) is 12.0 Å². The van der Waals surface area contributed by atoms with E-state index in [1.54, 1.807) is 0 Å². The highest BCUT2D eigenvalue weighted by molar-refractivity contribution is 7.84. The van der Waals surface area contributed by atoms with Crippen molar-refractivity contribution in [3.8, 4) is 0 Å². The van der Waals surface area contributed by atoms with Gasteiger partial charge in [0, 0.05) is 28.7 Å². The molecular formula is C10H10ClNO5S. The van der Waals surface area contributed by atoms with Crippen molar-refractivity contribution in [1.82, 2.24) is 0 Å². The van der Waals surface area contributed by atoms with E-state index in [0.29, 0.717) is 5.56 Å². The molecule has 0 saturated carbocycles. The van der Waals surface area contributed by atoms with Gasteiger partial charge in [0.2, 0.25) is 0 Å². The predicted molar refractivity (Wildman–Crippen MR) is 67.1 cm³/mol. The monoisotopic (exact) mass is 291 g/mol. The molecule has 0 aliphatic carbocycles. The number of halogens is 1. The summed E-state index contributed by atoms with van der Waals surface area (Å²) in [5.41, 5.74) is 0.367. The summed E-state index contributed by atoms with van der Waals surface area (Å²) < 4.78 is 11.5. The molecule has 0 aliphatic heterocycles. The van der Waals surface area contributed by atoms with Crippen molar-refractivity contribution in [3.05, 3.63) is 38.9 Å². The molecule has 0 spiro atoms. The molecule has 1 rings (SSSR count). The lowest BCUT2D eigenvalue weighted by Gasteiger charge is -2.03. The van der Waals surface area contributed by atoms with Gasteiger partial charge in [0.05, 0.1) is 22.1 Å². The maximum absolute atomic E-state index is 11.5. The molecule has 0 amide bonds. The molecule has 1 unspecified atom stereocenters. The summed E-state index contributed by atoms with van der Waals surface area (Å²) in [5.74, 6) is -0.898. The lowest BCUT2D eigenvalue weighted by molar-refractivity contribution is -0.384. The Labute approximate surface area is 110 Å². The number of hydrogen-bond acceptors (Lipinski definition) is 4. The Kier molecular flexibility index (Phi) is 5.24. The van der Waals surface area contributed by atoms with Gasteiger partial charge in [0.25, 0.3) is 5.69 Å². The Hall–Kier alpha value is -1.47. The van der Waals surface area contributed by atoms with Crippen LogP contribution in [0.25, 0.3) is 0 Å². The smallest absolute Gasteiger partial charge is 0.304 e. The average molecular weight is 292 g/mol. The number of benzene rings is 1. The van der Waals surface area contributed by atoms with Gasteiger partial charge in [0.1, 0.15) is 0 Å². The highest BCUT2D eigenvalue weighted by atomic mass is 35.5. The van der Waals surface area contributed by atoms with Gasteiger partial charge in [0.15, 0.2) is 0 Å². The van der Waals surface area contributed by atoms with Crippen molar-refractivity contribution in [3.63, 3.8) is 0 Å². The standard InChI is InChI=1S/C10H10ClNO5S/c11-9-5-8(12(15)16)2-1-7(9)6-18(17)4-3-10(13)14/h1-2,5H,3-4,6H2,(H,13,14). The second-order valence-electron chi connectivity index (χ2n) is 3.46. The largest absolute Gasteiger partial charge is 0.481 e. The summed E-state index contributed by atoms with van der Waals surface area (Å²) in [6.45, 7) is 0. The van der Waals surface area contributed by atoms with E-state index in [-0.39, 0.29) is 28.6 Å². The fourth-order valence-electron chi connectivity index (χ4n) is 1.21. The minimum Gasteiger partial charge on any atom is -0.481 e. The van der Waals surface area contributed by atoms with Crippen LogP contribution in [0.4, 0.5) is 5.69 Å². The van der Waals surface area contributed by atoms with Crippen molar-refractivity contribution in [2.24, 2.45) is 0 Å². The number of non-ortho nitro benzene ring substituents is 1. The number of carboxylic acids is 1. The quantitative estimate of drug-likeness (QED) is 0.638. The van der Waals surface area contributed by atoms with E-state index in [2.05, 4.69) is 0 Å². The van der Waals surface area contributed by atoms with Crippen LogP contribution in [0.5, 0.6) is 0 Å². The lowest BCUT2D eigenvalue weighted by atomic mass is 10.2. The van der Waals surface area contributed by atoms with E-state index in [0.717, 1.165) is 0 Å².